The molecule has 1 rings (SSSR count). The van der Waals surface area contributed by atoms with Crippen LogP contribution >= 0.6 is 0 Å². The molecule has 1 saturated carbocycles. The predicted octanol–water partition coefficient (Wildman–Crippen LogP) is 1.11. The predicted molar refractivity (Wildman–Crippen MR) is 66.5 cm³/mol. The molecule has 104 valence electrons. The van der Waals surface area contributed by atoms with Crippen molar-refractivity contribution in [3.63, 3.8) is 0 Å². The number of aliphatic carboxylic acids is 1. The number of rotatable bonds is 7. The van der Waals surface area contributed by atoms with Crippen molar-refractivity contribution in [2.45, 2.75) is 51.2 Å². The minimum atomic E-state index is -1.02. The number of nitrogens with one attached hydrogen (secondary N) is 2. The van der Waals surface area contributed by atoms with Crippen LogP contribution < -0.4 is 10.6 Å². The smallest absolute Gasteiger partial charge is 0.326 e. The molecule has 18 heavy (non-hydrogen) atoms. The largest absolute Gasteiger partial charge is 0.480 e. The maximum absolute atomic E-state index is 11.4. The van der Waals surface area contributed by atoms with Crippen LogP contribution in [0.2, 0.25) is 0 Å². The molecule has 6 heteroatoms. The van der Waals surface area contributed by atoms with Crippen molar-refractivity contribution in [1.82, 2.24) is 10.6 Å². The van der Waals surface area contributed by atoms with Crippen molar-refractivity contribution in [3.8, 4) is 0 Å². The fraction of sp³-hybridized carbons (Fsp3) is 0.833. The van der Waals surface area contributed by atoms with E-state index in [1.165, 1.54) is 12.8 Å². The number of hydrogen-bond donors (Lipinski definition) is 3. The first-order valence-corrected chi connectivity index (χ1v) is 6.52. The zero-order valence-electron chi connectivity index (χ0n) is 10.8. The van der Waals surface area contributed by atoms with Crippen molar-refractivity contribution in [1.29, 1.82) is 0 Å². The number of amides is 2. The summed E-state index contributed by atoms with van der Waals surface area (Å²) in [6, 6.07) is -1.29. The van der Waals surface area contributed by atoms with Gasteiger partial charge in [0.25, 0.3) is 0 Å². The van der Waals surface area contributed by atoms with Gasteiger partial charge in [-0.15, -0.1) is 0 Å². The van der Waals surface area contributed by atoms with Crippen LogP contribution in [0.5, 0.6) is 0 Å². The molecule has 0 aromatic rings. The van der Waals surface area contributed by atoms with E-state index in [4.69, 9.17) is 9.84 Å². The highest BCUT2D eigenvalue weighted by atomic mass is 16.5. The van der Waals surface area contributed by atoms with Gasteiger partial charge in [0.15, 0.2) is 0 Å². The molecule has 0 saturated heterocycles. The molecule has 0 aromatic heterocycles. The van der Waals surface area contributed by atoms with Crippen molar-refractivity contribution < 1.29 is 19.4 Å². The van der Waals surface area contributed by atoms with Crippen LogP contribution in [0.3, 0.4) is 0 Å². The minimum Gasteiger partial charge on any atom is -0.480 e. The summed E-state index contributed by atoms with van der Waals surface area (Å²) in [7, 11) is 0. The lowest BCUT2D eigenvalue weighted by Gasteiger charge is -2.14. The average Bonchev–Trinajstić information content (AvgIpc) is 2.84. The van der Waals surface area contributed by atoms with Gasteiger partial charge in [-0.1, -0.05) is 19.8 Å². The lowest BCUT2D eigenvalue weighted by molar-refractivity contribution is -0.139. The van der Waals surface area contributed by atoms with Gasteiger partial charge in [-0.2, -0.15) is 0 Å². The first-order chi connectivity index (χ1) is 8.63. The molecule has 0 spiro atoms. The minimum absolute atomic E-state index is 0.331. The molecule has 0 radical (unpaired) electrons. The van der Waals surface area contributed by atoms with Gasteiger partial charge in [0, 0.05) is 6.54 Å². The maximum Gasteiger partial charge on any atom is 0.326 e. The van der Waals surface area contributed by atoms with E-state index in [9.17, 15) is 9.59 Å². The van der Waals surface area contributed by atoms with E-state index < -0.39 is 18.0 Å². The van der Waals surface area contributed by atoms with Crippen LogP contribution in [0.15, 0.2) is 0 Å². The highest BCUT2D eigenvalue weighted by Gasteiger charge is 2.17. The third kappa shape index (κ3) is 5.35. The zero-order valence-corrected chi connectivity index (χ0v) is 10.8. The standard InChI is InChI=1S/C12H22N2O4/c1-2-10(11(15)16)14-12(17)13-7-8-18-9-5-3-4-6-9/h9-10H,2-8H2,1H3,(H,15,16)(H2,13,14,17)/t10-/m0/s1. The fourth-order valence-corrected chi connectivity index (χ4v) is 1.99. The number of carbonyl (C=O) groups is 2. The summed E-state index contributed by atoms with van der Waals surface area (Å²) in [4.78, 5) is 22.1. The van der Waals surface area contributed by atoms with Crippen molar-refractivity contribution >= 4 is 12.0 Å². The molecule has 1 fully saturated rings. The van der Waals surface area contributed by atoms with E-state index in [-0.39, 0.29) is 0 Å². The van der Waals surface area contributed by atoms with Gasteiger partial charge >= 0.3 is 12.0 Å². The van der Waals surface area contributed by atoms with Crippen LogP contribution in [0, 0.1) is 0 Å². The number of hydrogen-bond acceptors (Lipinski definition) is 3. The Morgan fingerprint density at radius 1 is 1.39 bits per heavy atom. The molecule has 3 N–H and O–H groups in total. The van der Waals surface area contributed by atoms with E-state index in [0.717, 1.165) is 12.8 Å². The van der Waals surface area contributed by atoms with E-state index in [1.807, 2.05) is 0 Å². The topological polar surface area (TPSA) is 87.7 Å². The highest BCUT2D eigenvalue weighted by molar-refractivity contribution is 5.82. The van der Waals surface area contributed by atoms with E-state index in [0.29, 0.717) is 25.7 Å². The Labute approximate surface area is 107 Å². The van der Waals surface area contributed by atoms with Gasteiger partial charge in [0.2, 0.25) is 0 Å². The Bertz CT molecular complexity index is 277. The summed E-state index contributed by atoms with van der Waals surface area (Å²) in [6.45, 7) is 2.59. The van der Waals surface area contributed by atoms with E-state index in [1.54, 1.807) is 6.92 Å². The number of urea groups is 1. The van der Waals surface area contributed by atoms with Gasteiger partial charge in [-0.05, 0) is 19.3 Å². The highest BCUT2D eigenvalue weighted by Crippen LogP contribution is 2.20. The molecular formula is C12H22N2O4. The second-order valence-electron chi connectivity index (χ2n) is 4.48. The average molecular weight is 258 g/mol. The molecule has 1 aliphatic carbocycles. The quantitative estimate of drug-likeness (QED) is 0.597. The zero-order chi connectivity index (χ0) is 13.4. The molecule has 1 atom stereocenters. The number of carbonyl (C=O) groups excluding carboxylic acids is 1. The molecule has 0 unspecified atom stereocenters. The molecule has 0 bridgehead atoms. The van der Waals surface area contributed by atoms with Crippen LogP contribution in [-0.2, 0) is 9.53 Å². The number of carboxylic acids is 1. The van der Waals surface area contributed by atoms with Gasteiger partial charge in [0.05, 0.1) is 12.7 Å². The molecule has 0 aliphatic heterocycles. The number of ether oxygens (including phenoxy) is 1. The van der Waals surface area contributed by atoms with Gasteiger partial charge in [-0.3, -0.25) is 0 Å². The molecule has 2 amide bonds. The van der Waals surface area contributed by atoms with Crippen LogP contribution in [0.1, 0.15) is 39.0 Å². The normalized spacial score (nSPS) is 17.4. The second-order valence-corrected chi connectivity index (χ2v) is 4.48. The van der Waals surface area contributed by atoms with Gasteiger partial charge in [-0.25, -0.2) is 9.59 Å². The van der Waals surface area contributed by atoms with Crippen molar-refractivity contribution in [2.75, 3.05) is 13.2 Å². The third-order valence-corrected chi connectivity index (χ3v) is 3.06. The molecular weight excluding hydrogens is 236 g/mol. The summed E-state index contributed by atoms with van der Waals surface area (Å²) in [5.74, 6) is -1.02. The Morgan fingerprint density at radius 2 is 2.06 bits per heavy atom. The van der Waals surface area contributed by atoms with E-state index in [2.05, 4.69) is 10.6 Å². The summed E-state index contributed by atoms with van der Waals surface area (Å²) in [5, 5.41) is 13.7. The first-order valence-electron chi connectivity index (χ1n) is 6.52. The molecule has 6 nitrogen and oxygen atoms in total. The van der Waals surface area contributed by atoms with Crippen molar-refractivity contribution in [2.24, 2.45) is 0 Å². The van der Waals surface area contributed by atoms with E-state index >= 15 is 0 Å². The Kier molecular flexibility index (Phi) is 6.49. The molecule has 0 aromatic carbocycles. The van der Waals surface area contributed by atoms with Crippen LogP contribution in [0.25, 0.3) is 0 Å². The summed E-state index contributed by atoms with van der Waals surface area (Å²) < 4.78 is 5.57. The lowest BCUT2D eigenvalue weighted by Crippen LogP contribution is -2.46. The fourth-order valence-electron chi connectivity index (χ4n) is 1.99. The maximum atomic E-state index is 11.4. The van der Waals surface area contributed by atoms with Crippen LogP contribution in [-0.4, -0.2) is 42.4 Å². The third-order valence-electron chi connectivity index (χ3n) is 3.06. The van der Waals surface area contributed by atoms with Gasteiger partial charge < -0.3 is 20.5 Å². The van der Waals surface area contributed by atoms with Crippen molar-refractivity contribution in [3.05, 3.63) is 0 Å². The summed E-state index contributed by atoms with van der Waals surface area (Å²) in [5.41, 5.74) is 0. The SMILES string of the molecule is CC[C@H](NC(=O)NCCOC1CCCC1)C(=O)O. The number of carboxylic acid groups (broad SMARTS) is 1. The Hall–Kier alpha value is -1.30. The Morgan fingerprint density at radius 3 is 2.61 bits per heavy atom. The molecule has 1 aliphatic rings. The summed E-state index contributed by atoms with van der Waals surface area (Å²) in [6.07, 6.45) is 5.33. The first kappa shape index (κ1) is 14.8. The lowest BCUT2D eigenvalue weighted by atomic mass is 10.2. The van der Waals surface area contributed by atoms with Gasteiger partial charge in [0.1, 0.15) is 6.04 Å². The summed E-state index contributed by atoms with van der Waals surface area (Å²) >= 11 is 0. The van der Waals surface area contributed by atoms with Crippen LogP contribution in [0.4, 0.5) is 4.79 Å². The molecule has 0 heterocycles. The Balaban J connectivity index is 2.07. The monoisotopic (exact) mass is 258 g/mol. The second kappa shape index (κ2) is 7.92.